The molecule has 0 aromatic rings. The minimum Gasteiger partial charge on any atom is -0.393 e. The van der Waals surface area contributed by atoms with Crippen LogP contribution in [0.15, 0.2) is 0 Å². The van der Waals surface area contributed by atoms with E-state index < -0.39 is 0 Å². The molecule has 3 nitrogen and oxygen atoms in total. The van der Waals surface area contributed by atoms with Gasteiger partial charge >= 0.3 is 0 Å². The molecular weight excluding hydrogens is 276 g/mol. The standard InChI is InChI=1S/C19H28O3/c1-18-7-5-12(20)9-11(18)10-15(21)17-13-3-4-16(22)19(13,2)8-6-14(17)18/h11,13-14,16-17,22H,3-10H2,1-2H3/t11-,13+,14+,16+,17+,18+,19+/m1/s1. The van der Waals surface area contributed by atoms with Crippen molar-refractivity contribution in [3.05, 3.63) is 0 Å². The van der Waals surface area contributed by atoms with Gasteiger partial charge in [-0.2, -0.15) is 0 Å². The molecule has 4 aliphatic carbocycles. The first-order valence-corrected chi connectivity index (χ1v) is 9.09. The maximum Gasteiger partial charge on any atom is 0.136 e. The average Bonchev–Trinajstić information content (AvgIpc) is 2.77. The van der Waals surface area contributed by atoms with E-state index in [2.05, 4.69) is 13.8 Å². The lowest BCUT2D eigenvalue weighted by Crippen LogP contribution is -2.57. The number of aliphatic hydroxyl groups is 1. The van der Waals surface area contributed by atoms with E-state index in [0.717, 1.165) is 32.1 Å². The summed E-state index contributed by atoms with van der Waals surface area (Å²) in [6, 6.07) is 0. The fraction of sp³-hybridized carbons (Fsp3) is 0.895. The molecule has 0 saturated heterocycles. The van der Waals surface area contributed by atoms with Crippen molar-refractivity contribution in [3.8, 4) is 0 Å². The summed E-state index contributed by atoms with van der Waals surface area (Å²) in [5.41, 5.74) is 0.117. The van der Waals surface area contributed by atoms with E-state index in [1.54, 1.807) is 0 Å². The number of fused-ring (bicyclic) bond motifs is 5. The molecule has 122 valence electrons. The van der Waals surface area contributed by atoms with Gasteiger partial charge in [0, 0.05) is 25.2 Å². The Labute approximate surface area is 132 Å². The van der Waals surface area contributed by atoms with E-state index in [-0.39, 0.29) is 28.8 Å². The lowest BCUT2D eigenvalue weighted by Gasteiger charge is -2.59. The Morgan fingerprint density at radius 1 is 0.955 bits per heavy atom. The van der Waals surface area contributed by atoms with Crippen LogP contribution in [0.1, 0.15) is 65.2 Å². The van der Waals surface area contributed by atoms with E-state index in [4.69, 9.17) is 0 Å². The van der Waals surface area contributed by atoms with Gasteiger partial charge in [0.2, 0.25) is 0 Å². The highest BCUT2D eigenvalue weighted by Crippen LogP contribution is 2.65. The molecule has 0 spiro atoms. The Hall–Kier alpha value is -0.700. The van der Waals surface area contributed by atoms with Gasteiger partial charge in [0.15, 0.2) is 0 Å². The van der Waals surface area contributed by atoms with Crippen molar-refractivity contribution in [3.63, 3.8) is 0 Å². The van der Waals surface area contributed by atoms with Gasteiger partial charge < -0.3 is 5.11 Å². The third-order valence-corrected chi connectivity index (χ3v) is 8.24. The fourth-order valence-electron chi connectivity index (χ4n) is 6.70. The van der Waals surface area contributed by atoms with Gasteiger partial charge in [0.25, 0.3) is 0 Å². The zero-order valence-electron chi connectivity index (χ0n) is 13.8. The van der Waals surface area contributed by atoms with Gasteiger partial charge in [0.05, 0.1) is 6.10 Å². The molecule has 0 aromatic carbocycles. The van der Waals surface area contributed by atoms with Crippen LogP contribution in [0, 0.1) is 34.5 Å². The van der Waals surface area contributed by atoms with Crippen LogP contribution in [-0.2, 0) is 9.59 Å². The molecule has 7 atom stereocenters. The molecule has 0 radical (unpaired) electrons. The number of hydrogen-bond donors (Lipinski definition) is 1. The second-order valence-electron chi connectivity index (χ2n) is 8.99. The Kier molecular flexibility index (Phi) is 3.15. The number of carbonyl (C=O) groups is 2. The summed E-state index contributed by atoms with van der Waals surface area (Å²) in [6.07, 6.45) is 6.63. The third-order valence-electron chi connectivity index (χ3n) is 8.24. The molecule has 3 heteroatoms. The third kappa shape index (κ3) is 1.78. The van der Waals surface area contributed by atoms with E-state index in [1.807, 2.05) is 0 Å². The molecule has 4 fully saturated rings. The minimum absolute atomic E-state index is 0.0511. The summed E-state index contributed by atoms with van der Waals surface area (Å²) in [4.78, 5) is 24.8. The number of carbonyl (C=O) groups excluding carboxylic acids is 2. The zero-order chi connectivity index (χ0) is 15.7. The smallest absolute Gasteiger partial charge is 0.136 e. The van der Waals surface area contributed by atoms with Gasteiger partial charge in [-0.3, -0.25) is 9.59 Å². The fourth-order valence-corrected chi connectivity index (χ4v) is 6.70. The minimum atomic E-state index is -0.232. The van der Waals surface area contributed by atoms with Crippen molar-refractivity contribution in [1.82, 2.24) is 0 Å². The highest BCUT2D eigenvalue weighted by atomic mass is 16.3. The lowest BCUT2D eigenvalue weighted by molar-refractivity contribution is -0.160. The molecule has 0 aliphatic heterocycles. The zero-order valence-corrected chi connectivity index (χ0v) is 13.8. The maximum absolute atomic E-state index is 12.9. The van der Waals surface area contributed by atoms with Crippen LogP contribution in [0.25, 0.3) is 0 Å². The van der Waals surface area contributed by atoms with Crippen molar-refractivity contribution in [2.24, 2.45) is 34.5 Å². The first-order valence-electron chi connectivity index (χ1n) is 9.09. The van der Waals surface area contributed by atoms with Crippen molar-refractivity contribution in [1.29, 1.82) is 0 Å². The van der Waals surface area contributed by atoms with Crippen molar-refractivity contribution >= 4 is 11.6 Å². The molecule has 0 aromatic heterocycles. The average molecular weight is 304 g/mol. The molecule has 4 rings (SSSR count). The number of aliphatic hydroxyl groups excluding tert-OH is 1. The summed E-state index contributed by atoms with van der Waals surface area (Å²) in [6.45, 7) is 4.56. The predicted molar refractivity (Wildman–Crippen MR) is 83.1 cm³/mol. The Morgan fingerprint density at radius 2 is 1.68 bits per heavy atom. The molecule has 4 saturated carbocycles. The van der Waals surface area contributed by atoms with Crippen LogP contribution >= 0.6 is 0 Å². The van der Waals surface area contributed by atoms with Crippen LogP contribution in [0.2, 0.25) is 0 Å². The largest absolute Gasteiger partial charge is 0.393 e. The quantitative estimate of drug-likeness (QED) is 0.748. The van der Waals surface area contributed by atoms with Crippen LogP contribution in [0.5, 0.6) is 0 Å². The van der Waals surface area contributed by atoms with Crippen LogP contribution in [0.3, 0.4) is 0 Å². The maximum atomic E-state index is 12.9. The molecule has 0 heterocycles. The SMILES string of the molecule is C[C@]12CCC(=O)C[C@@H]1CC(=O)[C@@H]1[C@@H]2CC[C@]2(C)[C@@H](O)CC[C@@H]12. The summed E-state index contributed by atoms with van der Waals surface area (Å²) < 4.78 is 0. The van der Waals surface area contributed by atoms with Gasteiger partial charge in [-0.05, 0) is 60.7 Å². The van der Waals surface area contributed by atoms with Crippen LogP contribution in [-0.4, -0.2) is 22.8 Å². The molecular formula is C19H28O3. The van der Waals surface area contributed by atoms with E-state index in [1.165, 1.54) is 0 Å². The first kappa shape index (κ1) is 14.9. The monoisotopic (exact) mass is 304 g/mol. The second kappa shape index (κ2) is 4.66. The topological polar surface area (TPSA) is 54.4 Å². The summed E-state index contributed by atoms with van der Waals surface area (Å²) >= 11 is 0. The van der Waals surface area contributed by atoms with Crippen molar-refractivity contribution in [2.75, 3.05) is 0 Å². The second-order valence-corrected chi connectivity index (χ2v) is 8.99. The van der Waals surface area contributed by atoms with E-state index in [0.29, 0.717) is 42.7 Å². The molecule has 4 aliphatic rings. The Morgan fingerprint density at radius 3 is 2.45 bits per heavy atom. The van der Waals surface area contributed by atoms with Crippen molar-refractivity contribution in [2.45, 2.75) is 71.3 Å². The first-order chi connectivity index (χ1) is 10.4. The van der Waals surface area contributed by atoms with Crippen LogP contribution in [0.4, 0.5) is 0 Å². The number of Topliss-reactive ketones (excluding diaryl/α,β-unsaturated/α-hetero) is 2. The van der Waals surface area contributed by atoms with Gasteiger partial charge in [-0.1, -0.05) is 13.8 Å². The Balaban J connectivity index is 1.70. The molecule has 0 bridgehead atoms. The number of rotatable bonds is 0. The molecule has 22 heavy (non-hydrogen) atoms. The van der Waals surface area contributed by atoms with Gasteiger partial charge in [0.1, 0.15) is 11.6 Å². The summed E-state index contributed by atoms with van der Waals surface area (Å²) in [7, 11) is 0. The number of hydrogen-bond acceptors (Lipinski definition) is 3. The predicted octanol–water partition coefficient (Wildman–Crippen LogP) is 3.14. The summed E-state index contributed by atoms with van der Waals surface area (Å²) in [5.74, 6) is 1.97. The van der Waals surface area contributed by atoms with E-state index in [9.17, 15) is 14.7 Å². The summed E-state index contributed by atoms with van der Waals surface area (Å²) in [5, 5.41) is 10.4. The normalized spacial score (nSPS) is 54.6. The molecule has 1 N–H and O–H groups in total. The lowest BCUT2D eigenvalue weighted by atomic mass is 9.45. The highest BCUT2D eigenvalue weighted by Gasteiger charge is 2.62. The highest BCUT2D eigenvalue weighted by molar-refractivity contribution is 5.86. The van der Waals surface area contributed by atoms with Gasteiger partial charge in [-0.15, -0.1) is 0 Å². The number of ketones is 2. The molecule has 0 amide bonds. The van der Waals surface area contributed by atoms with E-state index >= 15 is 0 Å². The van der Waals surface area contributed by atoms with Gasteiger partial charge in [-0.25, -0.2) is 0 Å². The van der Waals surface area contributed by atoms with Crippen molar-refractivity contribution < 1.29 is 14.7 Å². The molecule has 0 unspecified atom stereocenters. The van der Waals surface area contributed by atoms with Crippen LogP contribution < -0.4 is 0 Å². The Bertz CT molecular complexity index is 527.